The van der Waals surface area contributed by atoms with E-state index in [9.17, 15) is 4.79 Å². The van der Waals surface area contributed by atoms with Crippen LogP contribution in [0.4, 0.5) is 0 Å². The molecule has 0 aliphatic carbocycles. The van der Waals surface area contributed by atoms with Crippen LogP contribution in [0.5, 0.6) is 5.88 Å². The second kappa shape index (κ2) is 9.35. The van der Waals surface area contributed by atoms with E-state index in [1.54, 1.807) is 14.2 Å². The quantitative estimate of drug-likeness (QED) is 0.684. The van der Waals surface area contributed by atoms with E-state index in [-0.39, 0.29) is 11.4 Å². The van der Waals surface area contributed by atoms with E-state index >= 15 is 0 Å². The molecule has 0 bridgehead atoms. The van der Waals surface area contributed by atoms with Crippen molar-refractivity contribution in [3.8, 4) is 5.88 Å². The molecular weight excluding hydrogens is 424 g/mol. The number of nitrogens with one attached hydrogen (secondary N) is 1. The molecule has 0 aromatic carbocycles. The van der Waals surface area contributed by atoms with Crippen molar-refractivity contribution in [2.24, 2.45) is 0 Å². The maximum atomic E-state index is 13.2. The van der Waals surface area contributed by atoms with Crippen molar-refractivity contribution in [1.82, 2.24) is 20.2 Å². The Bertz CT molecular complexity index is 908. The lowest BCUT2D eigenvalue weighted by atomic mass is 9.95. The standard InChI is InChI=1S/C20H28N4O4S2/c1-13-15-18(27-3)22-14(10-26-2)23-19(15)30-16(13)17(25)21-11-20(4-9-29-12-20)24-5-7-28-8-6-24/h4-12H2,1-3H3,(H,21,25). The number of ether oxygens (including phenoxy) is 3. The fraction of sp³-hybridized carbons (Fsp3) is 0.650. The fourth-order valence-electron chi connectivity index (χ4n) is 4.16. The predicted octanol–water partition coefficient (Wildman–Crippen LogP) is 2.09. The molecular formula is C20H28N4O4S2. The number of methoxy groups -OCH3 is 2. The first kappa shape index (κ1) is 21.8. The third kappa shape index (κ3) is 4.16. The molecule has 10 heteroatoms. The minimum absolute atomic E-state index is 0.0117. The molecule has 2 aromatic rings. The van der Waals surface area contributed by atoms with Gasteiger partial charge in [0.05, 0.1) is 30.6 Å². The van der Waals surface area contributed by atoms with Crippen LogP contribution in [-0.2, 0) is 16.1 Å². The zero-order valence-corrected chi connectivity index (χ0v) is 19.3. The average molecular weight is 453 g/mol. The smallest absolute Gasteiger partial charge is 0.261 e. The van der Waals surface area contributed by atoms with Gasteiger partial charge >= 0.3 is 0 Å². The maximum absolute atomic E-state index is 13.2. The number of nitrogens with zero attached hydrogens (tertiary/aromatic N) is 3. The van der Waals surface area contributed by atoms with E-state index in [1.165, 1.54) is 11.3 Å². The number of aromatic nitrogens is 2. The number of aryl methyl sites for hydroxylation is 1. The Kier molecular flexibility index (Phi) is 6.78. The molecule has 30 heavy (non-hydrogen) atoms. The lowest BCUT2D eigenvalue weighted by Crippen LogP contribution is -2.59. The van der Waals surface area contributed by atoms with Gasteiger partial charge in [-0.25, -0.2) is 4.98 Å². The molecule has 0 saturated carbocycles. The summed E-state index contributed by atoms with van der Waals surface area (Å²) in [7, 11) is 3.18. The Morgan fingerprint density at radius 3 is 2.77 bits per heavy atom. The number of morpholine rings is 1. The number of hydrogen-bond acceptors (Lipinski definition) is 9. The van der Waals surface area contributed by atoms with Gasteiger partial charge in [-0.05, 0) is 24.7 Å². The molecule has 1 atom stereocenters. The number of carbonyl (C=O) groups is 1. The van der Waals surface area contributed by atoms with Gasteiger partial charge in [0.15, 0.2) is 5.82 Å². The van der Waals surface area contributed by atoms with Crippen molar-refractivity contribution >= 4 is 39.2 Å². The number of carbonyl (C=O) groups excluding carboxylic acids is 1. The van der Waals surface area contributed by atoms with Crippen LogP contribution in [0, 0.1) is 6.92 Å². The second-order valence-electron chi connectivity index (χ2n) is 7.63. The lowest BCUT2D eigenvalue weighted by molar-refractivity contribution is -0.0129. The first-order chi connectivity index (χ1) is 14.6. The van der Waals surface area contributed by atoms with Crippen LogP contribution < -0.4 is 10.1 Å². The van der Waals surface area contributed by atoms with Gasteiger partial charge in [0.25, 0.3) is 5.91 Å². The van der Waals surface area contributed by atoms with Crippen LogP contribution >= 0.6 is 23.1 Å². The summed E-state index contributed by atoms with van der Waals surface area (Å²) in [6, 6.07) is 0. The zero-order valence-electron chi connectivity index (χ0n) is 17.7. The lowest BCUT2D eigenvalue weighted by Gasteiger charge is -2.43. The van der Waals surface area contributed by atoms with Gasteiger partial charge in [0, 0.05) is 38.0 Å². The van der Waals surface area contributed by atoms with Crippen LogP contribution in [0.2, 0.25) is 0 Å². The molecule has 2 fully saturated rings. The second-order valence-corrected chi connectivity index (χ2v) is 9.73. The molecule has 2 aliphatic heterocycles. The Morgan fingerprint density at radius 1 is 1.30 bits per heavy atom. The van der Waals surface area contributed by atoms with Crippen LogP contribution in [-0.4, -0.2) is 84.9 Å². The number of fused-ring (bicyclic) bond motifs is 1. The normalized spacial score (nSPS) is 22.5. The molecule has 1 N–H and O–H groups in total. The molecule has 1 amide bonds. The van der Waals surface area contributed by atoms with E-state index < -0.39 is 0 Å². The van der Waals surface area contributed by atoms with Gasteiger partial charge in [-0.3, -0.25) is 9.69 Å². The van der Waals surface area contributed by atoms with Gasteiger partial charge in [0.2, 0.25) is 5.88 Å². The molecule has 0 spiro atoms. The summed E-state index contributed by atoms with van der Waals surface area (Å²) in [6.07, 6.45) is 1.09. The summed E-state index contributed by atoms with van der Waals surface area (Å²) in [4.78, 5) is 26.0. The Hall–Kier alpha value is -1.46. The largest absolute Gasteiger partial charge is 0.480 e. The molecule has 2 aliphatic rings. The van der Waals surface area contributed by atoms with Gasteiger partial charge in [0.1, 0.15) is 11.4 Å². The fourth-order valence-corrected chi connectivity index (χ4v) is 6.75. The van der Waals surface area contributed by atoms with Crippen LogP contribution in [0.3, 0.4) is 0 Å². The molecule has 8 nitrogen and oxygen atoms in total. The predicted molar refractivity (Wildman–Crippen MR) is 119 cm³/mol. The van der Waals surface area contributed by atoms with E-state index in [0.717, 1.165) is 60.0 Å². The summed E-state index contributed by atoms with van der Waals surface area (Å²) < 4.78 is 16.2. The number of rotatable bonds is 7. The molecule has 164 valence electrons. The third-order valence-corrected chi connectivity index (χ3v) is 8.24. The van der Waals surface area contributed by atoms with Gasteiger partial charge in [-0.2, -0.15) is 16.7 Å². The summed E-state index contributed by atoms with van der Waals surface area (Å²) in [6.45, 7) is 6.24. The van der Waals surface area contributed by atoms with Crippen molar-refractivity contribution < 1.29 is 19.0 Å². The highest BCUT2D eigenvalue weighted by atomic mass is 32.2. The maximum Gasteiger partial charge on any atom is 0.261 e. The Balaban J connectivity index is 1.56. The summed E-state index contributed by atoms with van der Waals surface area (Å²) >= 11 is 3.34. The Morgan fingerprint density at radius 2 is 2.10 bits per heavy atom. The average Bonchev–Trinajstić information content (AvgIpc) is 3.38. The van der Waals surface area contributed by atoms with Gasteiger partial charge < -0.3 is 19.5 Å². The number of hydrogen-bond donors (Lipinski definition) is 1. The topological polar surface area (TPSA) is 85.8 Å². The van der Waals surface area contributed by atoms with Crippen molar-refractivity contribution in [2.75, 3.05) is 58.6 Å². The van der Waals surface area contributed by atoms with Crippen LogP contribution in [0.25, 0.3) is 10.2 Å². The van der Waals surface area contributed by atoms with E-state index in [1.807, 2.05) is 18.7 Å². The summed E-state index contributed by atoms with van der Waals surface area (Å²) in [5, 5.41) is 4.02. The van der Waals surface area contributed by atoms with E-state index in [4.69, 9.17) is 14.2 Å². The summed E-state index contributed by atoms with van der Waals surface area (Å²) in [5.41, 5.74) is 0.868. The van der Waals surface area contributed by atoms with Crippen molar-refractivity contribution in [3.05, 3.63) is 16.3 Å². The number of amides is 1. The van der Waals surface area contributed by atoms with Crippen molar-refractivity contribution in [2.45, 2.75) is 25.5 Å². The van der Waals surface area contributed by atoms with E-state index in [0.29, 0.717) is 29.7 Å². The molecule has 4 rings (SSSR count). The molecule has 2 saturated heterocycles. The van der Waals surface area contributed by atoms with Gasteiger partial charge in [-0.15, -0.1) is 11.3 Å². The zero-order chi connectivity index (χ0) is 21.1. The van der Waals surface area contributed by atoms with Crippen LogP contribution in [0.15, 0.2) is 0 Å². The van der Waals surface area contributed by atoms with E-state index in [2.05, 4.69) is 20.2 Å². The van der Waals surface area contributed by atoms with Crippen molar-refractivity contribution in [3.63, 3.8) is 0 Å². The molecule has 4 heterocycles. The minimum Gasteiger partial charge on any atom is -0.480 e. The molecule has 2 aromatic heterocycles. The highest BCUT2D eigenvalue weighted by molar-refractivity contribution is 7.99. The molecule has 1 unspecified atom stereocenters. The van der Waals surface area contributed by atoms with Crippen LogP contribution in [0.1, 0.15) is 27.5 Å². The highest BCUT2D eigenvalue weighted by Crippen LogP contribution is 2.36. The Labute approximate surface area is 184 Å². The minimum atomic E-state index is -0.0598. The first-order valence-corrected chi connectivity index (χ1v) is 12.1. The monoisotopic (exact) mass is 452 g/mol. The SMILES string of the molecule is COCc1nc(OC)c2c(C)c(C(=O)NCC3(N4CCOCC4)CCSC3)sc2n1. The third-order valence-electron chi connectivity index (χ3n) is 5.82. The number of thioether (sulfide) groups is 1. The first-order valence-electron chi connectivity index (χ1n) is 10.1. The molecule has 0 radical (unpaired) electrons. The summed E-state index contributed by atoms with van der Waals surface area (Å²) in [5.74, 6) is 3.14. The van der Waals surface area contributed by atoms with Gasteiger partial charge in [-0.1, -0.05) is 0 Å². The highest BCUT2D eigenvalue weighted by Gasteiger charge is 2.41. The van der Waals surface area contributed by atoms with Crippen molar-refractivity contribution in [1.29, 1.82) is 0 Å². The number of thiophene rings is 1.